The molecule has 27 heavy (non-hydrogen) atoms. The molecule has 1 N–H and O–H groups in total. The largest absolute Gasteiger partial charge is 0.493 e. The zero-order valence-electron chi connectivity index (χ0n) is 16.3. The van der Waals surface area contributed by atoms with Crippen LogP contribution in [0, 0.1) is 11.8 Å². The second-order valence-corrected chi connectivity index (χ2v) is 8.31. The summed E-state index contributed by atoms with van der Waals surface area (Å²) in [4.78, 5) is 17.4. The van der Waals surface area contributed by atoms with Crippen molar-refractivity contribution in [1.82, 2.24) is 9.80 Å². The maximum Gasteiger partial charge on any atom is 0.253 e. The molecule has 6 nitrogen and oxygen atoms in total. The number of aliphatic hydroxyl groups is 1. The third kappa shape index (κ3) is 3.98. The average Bonchev–Trinajstić information content (AvgIpc) is 3.26. The number of fused-ring (bicyclic) bond motifs is 1. The zero-order valence-corrected chi connectivity index (χ0v) is 16.3. The van der Waals surface area contributed by atoms with Gasteiger partial charge in [0.1, 0.15) is 5.75 Å². The lowest BCUT2D eigenvalue weighted by molar-refractivity contribution is -0.0726. The predicted molar refractivity (Wildman–Crippen MR) is 102 cm³/mol. The number of morpholine rings is 1. The van der Waals surface area contributed by atoms with Crippen molar-refractivity contribution in [2.45, 2.75) is 32.5 Å². The Morgan fingerprint density at radius 3 is 2.63 bits per heavy atom. The fourth-order valence-electron chi connectivity index (χ4n) is 4.79. The third-order valence-electron chi connectivity index (χ3n) is 6.02. The lowest BCUT2D eigenvalue weighted by atomic mass is 9.96. The van der Waals surface area contributed by atoms with Crippen LogP contribution in [0.1, 0.15) is 29.8 Å². The molecule has 1 amide bonds. The Hall–Kier alpha value is -1.63. The summed E-state index contributed by atoms with van der Waals surface area (Å²) in [6.07, 6.45) is 1.33. The summed E-state index contributed by atoms with van der Waals surface area (Å²) in [6.45, 7) is 9.10. The van der Waals surface area contributed by atoms with Crippen LogP contribution in [0.4, 0.5) is 0 Å². The molecule has 148 valence electrons. The predicted octanol–water partition coefficient (Wildman–Crippen LogP) is 1.41. The number of aliphatic hydroxyl groups excluding tert-OH is 1. The van der Waals surface area contributed by atoms with Gasteiger partial charge in [-0.15, -0.1) is 0 Å². The molecule has 1 aromatic rings. The van der Waals surface area contributed by atoms with Gasteiger partial charge in [0.25, 0.3) is 5.91 Å². The van der Waals surface area contributed by atoms with Gasteiger partial charge in [0.15, 0.2) is 0 Å². The fourth-order valence-corrected chi connectivity index (χ4v) is 4.79. The minimum Gasteiger partial charge on any atom is -0.493 e. The average molecular weight is 374 g/mol. The molecule has 3 heterocycles. The first kappa shape index (κ1) is 18.7. The first-order valence-electron chi connectivity index (χ1n) is 10.1. The summed E-state index contributed by atoms with van der Waals surface area (Å²) in [5.74, 6) is 1.40. The van der Waals surface area contributed by atoms with Gasteiger partial charge in [0, 0.05) is 57.2 Å². The molecule has 0 bridgehead atoms. The van der Waals surface area contributed by atoms with E-state index in [1.54, 1.807) is 0 Å². The van der Waals surface area contributed by atoms with Gasteiger partial charge in [-0.05, 0) is 43.5 Å². The highest BCUT2D eigenvalue weighted by Gasteiger charge is 2.37. The lowest BCUT2D eigenvalue weighted by Crippen LogP contribution is -2.48. The third-order valence-corrected chi connectivity index (χ3v) is 6.02. The second kappa shape index (κ2) is 7.78. The monoisotopic (exact) mass is 374 g/mol. The highest BCUT2D eigenvalue weighted by Crippen LogP contribution is 2.29. The molecule has 1 aromatic carbocycles. The van der Waals surface area contributed by atoms with Crippen molar-refractivity contribution in [3.05, 3.63) is 29.3 Å². The molecule has 0 radical (unpaired) electrons. The molecule has 4 atom stereocenters. The van der Waals surface area contributed by atoms with Gasteiger partial charge in [0.2, 0.25) is 0 Å². The van der Waals surface area contributed by atoms with E-state index in [0.717, 1.165) is 42.9 Å². The number of hydrogen-bond acceptors (Lipinski definition) is 5. The Bertz CT molecular complexity index is 685. The van der Waals surface area contributed by atoms with E-state index < -0.39 is 0 Å². The fraction of sp³-hybridized carbons (Fsp3) is 0.667. The summed E-state index contributed by atoms with van der Waals surface area (Å²) in [5, 5.41) is 9.87. The van der Waals surface area contributed by atoms with Gasteiger partial charge in [-0.25, -0.2) is 0 Å². The van der Waals surface area contributed by atoms with Crippen molar-refractivity contribution in [2.24, 2.45) is 11.8 Å². The maximum atomic E-state index is 13.0. The molecule has 0 unspecified atom stereocenters. The van der Waals surface area contributed by atoms with Crippen molar-refractivity contribution in [3.8, 4) is 5.75 Å². The molecule has 6 heteroatoms. The minimum absolute atomic E-state index is 0.0642. The van der Waals surface area contributed by atoms with E-state index in [4.69, 9.17) is 9.47 Å². The number of nitrogens with zero attached hydrogens (tertiary/aromatic N) is 2. The lowest BCUT2D eigenvalue weighted by Gasteiger charge is -2.37. The Morgan fingerprint density at radius 2 is 1.89 bits per heavy atom. The second-order valence-electron chi connectivity index (χ2n) is 8.31. The topological polar surface area (TPSA) is 62.2 Å². The number of carbonyl (C=O) groups is 1. The molecule has 4 rings (SSSR count). The van der Waals surface area contributed by atoms with Gasteiger partial charge >= 0.3 is 0 Å². The first-order chi connectivity index (χ1) is 13.0. The molecule has 2 saturated heterocycles. The van der Waals surface area contributed by atoms with Gasteiger partial charge in [-0.3, -0.25) is 9.69 Å². The van der Waals surface area contributed by atoms with Crippen LogP contribution < -0.4 is 4.74 Å². The smallest absolute Gasteiger partial charge is 0.253 e. The van der Waals surface area contributed by atoms with Crippen molar-refractivity contribution in [1.29, 1.82) is 0 Å². The van der Waals surface area contributed by atoms with E-state index in [2.05, 4.69) is 18.7 Å². The Kier molecular flexibility index (Phi) is 5.39. The molecule has 0 aromatic heterocycles. The summed E-state index contributed by atoms with van der Waals surface area (Å²) in [6, 6.07) is 5.74. The molecule has 3 aliphatic rings. The van der Waals surface area contributed by atoms with Gasteiger partial charge in [-0.2, -0.15) is 0 Å². The molecule has 0 aliphatic carbocycles. The van der Waals surface area contributed by atoms with Crippen LogP contribution in [0.5, 0.6) is 5.75 Å². The van der Waals surface area contributed by atoms with E-state index >= 15 is 0 Å². The summed E-state index contributed by atoms with van der Waals surface area (Å²) >= 11 is 0. The van der Waals surface area contributed by atoms with Gasteiger partial charge < -0.3 is 19.5 Å². The number of likely N-dealkylation sites (tertiary alicyclic amines) is 1. The minimum atomic E-state index is 0.0642. The van der Waals surface area contributed by atoms with E-state index in [9.17, 15) is 9.90 Å². The highest BCUT2D eigenvalue weighted by atomic mass is 16.5. The van der Waals surface area contributed by atoms with Gasteiger partial charge in [-0.1, -0.05) is 0 Å². The highest BCUT2D eigenvalue weighted by molar-refractivity contribution is 5.95. The van der Waals surface area contributed by atoms with Crippen LogP contribution in [-0.2, 0) is 11.2 Å². The normalized spacial score (nSPS) is 31.0. The van der Waals surface area contributed by atoms with Gasteiger partial charge in [0.05, 0.1) is 18.8 Å². The maximum absolute atomic E-state index is 13.0. The summed E-state index contributed by atoms with van der Waals surface area (Å²) in [7, 11) is 0. The number of benzene rings is 1. The van der Waals surface area contributed by atoms with E-state index in [-0.39, 0.29) is 30.6 Å². The Labute approximate surface area is 161 Å². The van der Waals surface area contributed by atoms with E-state index in [1.807, 2.05) is 23.1 Å². The summed E-state index contributed by atoms with van der Waals surface area (Å²) in [5.41, 5.74) is 1.84. The number of hydrogen-bond donors (Lipinski definition) is 1. The van der Waals surface area contributed by atoms with Crippen molar-refractivity contribution < 1.29 is 19.4 Å². The van der Waals surface area contributed by atoms with Crippen LogP contribution in [-0.4, -0.2) is 79.0 Å². The first-order valence-corrected chi connectivity index (χ1v) is 10.1. The molecule has 2 fully saturated rings. The summed E-state index contributed by atoms with van der Waals surface area (Å²) < 4.78 is 11.4. The van der Waals surface area contributed by atoms with Crippen LogP contribution >= 0.6 is 0 Å². The van der Waals surface area contributed by atoms with Crippen molar-refractivity contribution >= 4 is 5.91 Å². The Morgan fingerprint density at radius 1 is 1.15 bits per heavy atom. The van der Waals surface area contributed by atoms with Crippen LogP contribution in [0.2, 0.25) is 0 Å². The quantitative estimate of drug-likeness (QED) is 0.864. The molecular weight excluding hydrogens is 344 g/mol. The van der Waals surface area contributed by atoms with Crippen LogP contribution in [0.15, 0.2) is 18.2 Å². The zero-order chi connectivity index (χ0) is 19.0. The molecule has 0 spiro atoms. The van der Waals surface area contributed by atoms with Crippen molar-refractivity contribution in [2.75, 3.05) is 45.9 Å². The SMILES string of the molecule is C[C@@H]1CN(C[C@H]2CN(C(=O)c3ccc4c(c3)CCO4)C[C@H]2CO)C[C@H](C)O1. The Balaban J connectivity index is 1.42. The van der Waals surface area contributed by atoms with E-state index in [1.165, 1.54) is 0 Å². The molecule has 0 saturated carbocycles. The van der Waals surface area contributed by atoms with E-state index in [0.29, 0.717) is 25.6 Å². The van der Waals surface area contributed by atoms with Crippen LogP contribution in [0.3, 0.4) is 0 Å². The van der Waals surface area contributed by atoms with Crippen LogP contribution in [0.25, 0.3) is 0 Å². The number of amides is 1. The molecule has 3 aliphatic heterocycles. The number of carbonyl (C=O) groups excluding carboxylic acids is 1. The number of ether oxygens (including phenoxy) is 2. The number of rotatable bonds is 4. The molecular formula is C21H30N2O4. The van der Waals surface area contributed by atoms with Crippen molar-refractivity contribution in [3.63, 3.8) is 0 Å². The standard InChI is InChI=1S/C21H30N2O4/c1-14-8-22(9-15(2)27-14)10-18-11-23(12-19(18)13-24)21(25)17-3-4-20-16(7-17)5-6-26-20/h3-4,7,14-15,18-19,24H,5-6,8-13H2,1-2H3/t14-,15+,18-,19-/m0/s1.